The highest BCUT2D eigenvalue weighted by molar-refractivity contribution is 7.80. The summed E-state index contributed by atoms with van der Waals surface area (Å²) in [5, 5.41) is 3.41. The van der Waals surface area contributed by atoms with Crippen molar-refractivity contribution in [2.24, 2.45) is 0 Å². The maximum atomic E-state index is 4.21. The number of aryl methyl sites for hydroxylation is 2. The molecule has 0 bridgehead atoms. The number of rotatable bonds is 4. The molecule has 1 N–H and O–H groups in total. The molecule has 0 radical (unpaired) electrons. The fraction of sp³-hybridized carbons (Fsp3) is 0.600. The molecule has 0 aliphatic rings. The van der Waals surface area contributed by atoms with Crippen LogP contribution in [0.5, 0.6) is 0 Å². The van der Waals surface area contributed by atoms with E-state index in [4.69, 9.17) is 0 Å². The van der Waals surface area contributed by atoms with E-state index >= 15 is 0 Å². The molecule has 0 heterocycles. The summed E-state index contributed by atoms with van der Waals surface area (Å²) in [7, 11) is 0. The summed E-state index contributed by atoms with van der Waals surface area (Å²) in [5.74, 6) is 0.887. The van der Waals surface area contributed by atoms with Gasteiger partial charge in [0.2, 0.25) is 0 Å². The molecule has 0 saturated carbocycles. The van der Waals surface area contributed by atoms with Crippen LogP contribution < -0.4 is 5.32 Å². The van der Waals surface area contributed by atoms with E-state index in [0.717, 1.165) is 18.8 Å². The lowest BCUT2D eigenvalue weighted by Gasteiger charge is -2.22. The van der Waals surface area contributed by atoms with Crippen molar-refractivity contribution in [2.45, 2.75) is 46.6 Å². The lowest BCUT2D eigenvalue weighted by atomic mass is 9.84. The molecule has 0 spiro atoms. The molecule has 17 heavy (non-hydrogen) atoms. The minimum atomic E-state index is 0.229. The van der Waals surface area contributed by atoms with E-state index < -0.39 is 0 Å². The Hall–Kier alpha value is -0.470. The molecule has 0 aliphatic carbocycles. The highest BCUT2D eigenvalue weighted by Gasteiger charge is 2.15. The lowest BCUT2D eigenvalue weighted by Crippen LogP contribution is -2.18. The van der Waals surface area contributed by atoms with Gasteiger partial charge < -0.3 is 5.32 Å². The molecule has 0 saturated heterocycles. The average molecular weight is 251 g/mol. The lowest BCUT2D eigenvalue weighted by molar-refractivity contribution is 0.588. The first-order chi connectivity index (χ1) is 7.86. The third-order valence-electron chi connectivity index (χ3n) is 3.15. The average Bonchev–Trinajstić information content (AvgIpc) is 2.20. The summed E-state index contributed by atoms with van der Waals surface area (Å²) >= 11 is 4.21. The van der Waals surface area contributed by atoms with Gasteiger partial charge in [0.1, 0.15) is 0 Å². The van der Waals surface area contributed by atoms with Crippen molar-refractivity contribution in [2.75, 3.05) is 12.3 Å². The van der Waals surface area contributed by atoms with E-state index in [0.29, 0.717) is 0 Å². The van der Waals surface area contributed by atoms with Gasteiger partial charge in [-0.25, -0.2) is 0 Å². The van der Waals surface area contributed by atoms with Gasteiger partial charge in [-0.05, 0) is 41.5 Å². The molecule has 0 aliphatic heterocycles. The van der Waals surface area contributed by atoms with Gasteiger partial charge in [-0.3, -0.25) is 0 Å². The topological polar surface area (TPSA) is 12.0 Å². The summed E-state index contributed by atoms with van der Waals surface area (Å²) in [6.45, 7) is 13.1. The van der Waals surface area contributed by atoms with E-state index in [1.165, 1.54) is 22.3 Å². The molecule has 0 atom stereocenters. The first kappa shape index (κ1) is 14.6. The quantitative estimate of drug-likeness (QED) is 0.615. The third-order valence-corrected chi connectivity index (χ3v) is 3.38. The van der Waals surface area contributed by atoms with Crippen LogP contribution >= 0.6 is 12.6 Å². The van der Waals surface area contributed by atoms with Crippen LogP contribution in [0.25, 0.3) is 0 Å². The van der Waals surface area contributed by atoms with E-state index in [9.17, 15) is 0 Å². The molecule has 0 fully saturated rings. The second kappa shape index (κ2) is 5.92. The van der Waals surface area contributed by atoms with Crippen LogP contribution in [-0.4, -0.2) is 12.3 Å². The van der Waals surface area contributed by atoms with Crippen molar-refractivity contribution in [1.29, 1.82) is 0 Å². The van der Waals surface area contributed by atoms with Crippen LogP contribution in [-0.2, 0) is 12.0 Å². The van der Waals surface area contributed by atoms with Crippen LogP contribution in [0.2, 0.25) is 0 Å². The molecular formula is C15H25NS. The zero-order valence-electron chi connectivity index (χ0n) is 11.7. The molecule has 1 aromatic carbocycles. The van der Waals surface area contributed by atoms with E-state index in [1.807, 2.05) is 0 Å². The molecule has 0 unspecified atom stereocenters. The fourth-order valence-electron chi connectivity index (χ4n) is 2.00. The maximum Gasteiger partial charge on any atom is 0.0211 e. The molecule has 1 rings (SSSR count). The molecule has 1 aromatic rings. The molecule has 96 valence electrons. The Labute approximate surface area is 111 Å². The Morgan fingerprint density at radius 1 is 1.12 bits per heavy atom. The predicted octanol–water partition coefficient (Wildman–Crippen LogP) is 3.62. The molecule has 0 aromatic heterocycles. The van der Waals surface area contributed by atoms with Crippen molar-refractivity contribution in [1.82, 2.24) is 5.32 Å². The van der Waals surface area contributed by atoms with Gasteiger partial charge >= 0.3 is 0 Å². The number of hydrogen-bond acceptors (Lipinski definition) is 2. The summed E-state index contributed by atoms with van der Waals surface area (Å²) in [5.41, 5.74) is 5.86. The summed E-state index contributed by atoms with van der Waals surface area (Å²) in [4.78, 5) is 0. The van der Waals surface area contributed by atoms with Gasteiger partial charge in [0, 0.05) is 18.8 Å². The monoisotopic (exact) mass is 251 g/mol. The summed E-state index contributed by atoms with van der Waals surface area (Å²) in [6, 6.07) is 4.65. The Morgan fingerprint density at radius 3 is 2.06 bits per heavy atom. The minimum absolute atomic E-state index is 0.229. The molecular weight excluding hydrogens is 226 g/mol. The van der Waals surface area contributed by atoms with E-state index in [1.54, 1.807) is 0 Å². The first-order valence-electron chi connectivity index (χ1n) is 6.28. The first-order valence-corrected chi connectivity index (χ1v) is 6.91. The van der Waals surface area contributed by atoms with Gasteiger partial charge in [0.25, 0.3) is 0 Å². The predicted molar refractivity (Wildman–Crippen MR) is 80.2 cm³/mol. The van der Waals surface area contributed by atoms with Gasteiger partial charge in [-0.15, -0.1) is 0 Å². The van der Waals surface area contributed by atoms with Crippen molar-refractivity contribution in [3.05, 3.63) is 34.4 Å². The Kier molecular flexibility index (Phi) is 5.08. The Balaban J connectivity index is 2.95. The van der Waals surface area contributed by atoms with Crippen molar-refractivity contribution in [3.8, 4) is 0 Å². The number of benzene rings is 1. The highest BCUT2D eigenvalue weighted by Crippen LogP contribution is 2.26. The number of nitrogens with one attached hydrogen (secondary N) is 1. The standard InChI is InChI=1S/C15H25NS/c1-11-8-13(15(3,4)5)9-12(2)14(11)10-16-6-7-17/h8-9,16-17H,6-7,10H2,1-5H3. The van der Waals surface area contributed by atoms with Crippen LogP contribution in [0.3, 0.4) is 0 Å². The fourth-order valence-corrected chi connectivity index (χ4v) is 2.16. The largest absolute Gasteiger partial charge is 0.312 e. The van der Waals surface area contributed by atoms with Crippen molar-refractivity contribution >= 4 is 12.6 Å². The van der Waals surface area contributed by atoms with Crippen LogP contribution in [0.1, 0.15) is 43.0 Å². The normalized spacial score (nSPS) is 11.9. The molecule has 0 amide bonds. The number of thiol groups is 1. The van der Waals surface area contributed by atoms with E-state index in [-0.39, 0.29) is 5.41 Å². The zero-order chi connectivity index (χ0) is 13.1. The molecule has 1 nitrogen and oxygen atoms in total. The zero-order valence-corrected chi connectivity index (χ0v) is 12.6. The van der Waals surface area contributed by atoms with Crippen molar-refractivity contribution < 1.29 is 0 Å². The Morgan fingerprint density at radius 2 is 1.65 bits per heavy atom. The SMILES string of the molecule is Cc1cc(C(C)(C)C)cc(C)c1CNCCS. The second-order valence-corrected chi connectivity index (χ2v) is 6.19. The van der Waals surface area contributed by atoms with Gasteiger partial charge in [0.05, 0.1) is 0 Å². The van der Waals surface area contributed by atoms with Gasteiger partial charge in [0.15, 0.2) is 0 Å². The minimum Gasteiger partial charge on any atom is -0.312 e. The Bertz CT molecular complexity index is 354. The molecule has 2 heteroatoms. The number of hydrogen-bond donors (Lipinski definition) is 2. The smallest absolute Gasteiger partial charge is 0.0211 e. The maximum absolute atomic E-state index is 4.21. The second-order valence-electron chi connectivity index (χ2n) is 5.74. The highest BCUT2D eigenvalue weighted by atomic mass is 32.1. The summed E-state index contributed by atoms with van der Waals surface area (Å²) in [6.07, 6.45) is 0. The van der Waals surface area contributed by atoms with Crippen molar-refractivity contribution in [3.63, 3.8) is 0 Å². The van der Waals surface area contributed by atoms with Gasteiger partial charge in [-0.1, -0.05) is 32.9 Å². The third kappa shape index (κ3) is 4.04. The van der Waals surface area contributed by atoms with E-state index in [2.05, 4.69) is 64.7 Å². The van der Waals surface area contributed by atoms with Gasteiger partial charge in [-0.2, -0.15) is 12.6 Å². The van der Waals surface area contributed by atoms with Crippen LogP contribution in [0.4, 0.5) is 0 Å². The van der Waals surface area contributed by atoms with Crippen LogP contribution in [0, 0.1) is 13.8 Å². The summed E-state index contributed by atoms with van der Waals surface area (Å²) < 4.78 is 0. The van der Waals surface area contributed by atoms with Crippen LogP contribution in [0.15, 0.2) is 12.1 Å².